The maximum absolute atomic E-state index is 13.4. The molecule has 0 saturated carbocycles. The maximum atomic E-state index is 13.4. The number of amides is 4. The summed E-state index contributed by atoms with van der Waals surface area (Å²) in [4.78, 5) is 39.6. The smallest absolute Gasteiger partial charge is 0.335 e. The van der Waals surface area contributed by atoms with E-state index < -0.39 is 17.8 Å². The molecule has 1 aliphatic rings. The molecule has 1 N–H and O–H groups in total. The Morgan fingerprint density at radius 2 is 1.64 bits per heavy atom. The predicted molar refractivity (Wildman–Crippen MR) is 150 cm³/mol. The standard InChI is InChI=1S/C29H26Cl2N2O6/c1-3-4-13-38-21-10-7-20(8-11-21)33-28(35)23(27(34)32-29(33)36)15-19-6-9-22(37-2)16-26(19)39-17-18-5-12-24(30)25(31)14-18/h5-12,14-16H,3-4,13,17H2,1-2H3,(H,32,34,36)/b23-15-. The number of unbranched alkanes of at least 4 members (excludes halogenated alkanes) is 1. The van der Waals surface area contributed by atoms with Crippen LogP contribution in [0.3, 0.4) is 0 Å². The first-order valence-electron chi connectivity index (χ1n) is 12.2. The number of nitrogens with zero attached hydrogens (tertiary/aromatic N) is 1. The zero-order chi connectivity index (χ0) is 27.9. The van der Waals surface area contributed by atoms with Crippen molar-refractivity contribution in [2.75, 3.05) is 18.6 Å². The minimum atomic E-state index is -0.840. The van der Waals surface area contributed by atoms with Crippen LogP contribution in [0.5, 0.6) is 17.2 Å². The van der Waals surface area contributed by atoms with Gasteiger partial charge >= 0.3 is 6.03 Å². The van der Waals surface area contributed by atoms with Crippen molar-refractivity contribution in [3.8, 4) is 17.2 Å². The second-order valence-corrected chi connectivity index (χ2v) is 9.41. The summed E-state index contributed by atoms with van der Waals surface area (Å²) in [6, 6.07) is 15.8. The van der Waals surface area contributed by atoms with Crippen LogP contribution in [0.2, 0.25) is 10.0 Å². The Hall–Kier alpha value is -4.01. The molecule has 4 amide bonds. The highest BCUT2D eigenvalue weighted by molar-refractivity contribution is 6.42. The van der Waals surface area contributed by atoms with Crippen molar-refractivity contribution in [3.63, 3.8) is 0 Å². The van der Waals surface area contributed by atoms with E-state index >= 15 is 0 Å². The van der Waals surface area contributed by atoms with Gasteiger partial charge in [0.05, 0.1) is 29.4 Å². The molecule has 0 bridgehead atoms. The Morgan fingerprint density at radius 3 is 2.33 bits per heavy atom. The van der Waals surface area contributed by atoms with Crippen LogP contribution in [0.4, 0.5) is 10.5 Å². The molecule has 39 heavy (non-hydrogen) atoms. The van der Waals surface area contributed by atoms with Gasteiger partial charge in [0.1, 0.15) is 29.4 Å². The van der Waals surface area contributed by atoms with Crippen LogP contribution in [0, 0.1) is 0 Å². The first-order valence-corrected chi connectivity index (χ1v) is 13.0. The molecule has 3 aromatic rings. The molecule has 0 spiro atoms. The van der Waals surface area contributed by atoms with E-state index in [0.29, 0.717) is 45.2 Å². The molecule has 0 unspecified atom stereocenters. The fourth-order valence-electron chi connectivity index (χ4n) is 3.75. The van der Waals surface area contributed by atoms with Crippen molar-refractivity contribution in [2.45, 2.75) is 26.4 Å². The quantitative estimate of drug-likeness (QED) is 0.172. The van der Waals surface area contributed by atoms with Gasteiger partial charge in [-0.1, -0.05) is 42.6 Å². The van der Waals surface area contributed by atoms with E-state index in [2.05, 4.69) is 12.2 Å². The number of carbonyl (C=O) groups excluding carboxylic acids is 3. The maximum Gasteiger partial charge on any atom is 0.335 e. The number of carbonyl (C=O) groups is 3. The van der Waals surface area contributed by atoms with E-state index in [1.165, 1.54) is 13.2 Å². The molecule has 1 aliphatic heterocycles. The SMILES string of the molecule is CCCCOc1ccc(N2C(=O)NC(=O)/C(=C/c3ccc(OC)cc3OCc3ccc(Cl)c(Cl)c3)C2=O)cc1. The van der Waals surface area contributed by atoms with Crippen molar-refractivity contribution in [1.29, 1.82) is 0 Å². The minimum absolute atomic E-state index is 0.137. The lowest BCUT2D eigenvalue weighted by molar-refractivity contribution is -0.122. The van der Waals surface area contributed by atoms with Crippen molar-refractivity contribution in [1.82, 2.24) is 5.32 Å². The van der Waals surface area contributed by atoms with Crippen molar-refractivity contribution < 1.29 is 28.6 Å². The largest absolute Gasteiger partial charge is 0.497 e. The lowest BCUT2D eigenvalue weighted by Gasteiger charge is -2.26. The Morgan fingerprint density at radius 1 is 0.897 bits per heavy atom. The molecule has 0 aromatic heterocycles. The fraction of sp³-hybridized carbons (Fsp3) is 0.207. The summed E-state index contributed by atoms with van der Waals surface area (Å²) in [5, 5.41) is 3.04. The van der Waals surface area contributed by atoms with Crippen LogP contribution in [-0.2, 0) is 16.2 Å². The van der Waals surface area contributed by atoms with Crippen LogP contribution < -0.4 is 24.4 Å². The average Bonchev–Trinajstić information content (AvgIpc) is 2.93. The van der Waals surface area contributed by atoms with Gasteiger partial charge in [-0.05, 0) is 66.6 Å². The molecule has 0 aliphatic carbocycles. The van der Waals surface area contributed by atoms with Gasteiger partial charge in [0.15, 0.2) is 0 Å². The number of nitrogens with one attached hydrogen (secondary N) is 1. The summed E-state index contributed by atoms with van der Waals surface area (Å²) < 4.78 is 17.0. The normalized spacial score (nSPS) is 14.4. The highest BCUT2D eigenvalue weighted by Gasteiger charge is 2.37. The number of ether oxygens (including phenoxy) is 3. The molecular weight excluding hydrogens is 543 g/mol. The number of imide groups is 2. The van der Waals surface area contributed by atoms with Gasteiger partial charge < -0.3 is 14.2 Å². The number of benzene rings is 3. The van der Waals surface area contributed by atoms with Gasteiger partial charge in [-0.25, -0.2) is 9.69 Å². The summed E-state index contributed by atoms with van der Waals surface area (Å²) in [6.45, 7) is 2.77. The lowest BCUT2D eigenvalue weighted by Crippen LogP contribution is -2.54. The number of rotatable bonds is 10. The number of hydrogen-bond donors (Lipinski definition) is 1. The lowest BCUT2D eigenvalue weighted by atomic mass is 10.1. The van der Waals surface area contributed by atoms with Gasteiger partial charge in [0.2, 0.25) is 0 Å². The van der Waals surface area contributed by atoms with Crippen LogP contribution in [0.1, 0.15) is 30.9 Å². The Balaban J connectivity index is 1.61. The van der Waals surface area contributed by atoms with Crippen molar-refractivity contribution >= 4 is 52.8 Å². The Bertz CT molecular complexity index is 1420. The first-order chi connectivity index (χ1) is 18.8. The van der Waals surface area contributed by atoms with Crippen LogP contribution in [0.25, 0.3) is 6.08 Å². The highest BCUT2D eigenvalue weighted by Crippen LogP contribution is 2.31. The minimum Gasteiger partial charge on any atom is -0.497 e. The molecule has 1 heterocycles. The van der Waals surface area contributed by atoms with Gasteiger partial charge in [0, 0.05) is 11.6 Å². The molecule has 1 saturated heterocycles. The number of hydrogen-bond acceptors (Lipinski definition) is 6. The molecule has 10 heteroatoms. The summed E-state index contributed by atoms with van der Waals surface area (Å²) in [7, 11) is 1.51. The molecule has 0 atom stereocenters. The number of methoxy groups -OCH3 is 1. The van der Waals surface area contributed by atoms with E-state index in [-0.39, 0.29) is 12.2 Å². The van der Waals surface area contributed by atoms with E-state index in [1.54, 1.807) is 60.7 Å². The predicted octanol–water partition coefficient (Wildman–Crippen LogP) is 6.43. The first kappa shape index (κ1) is 28.0. The zero-order valence-corrected chi connectivity index (χ0v) is 22.8. The Labute approximate surface area is 236 Å². The molecular formula is C29H26Cl2N2O6. The van der Waals surface area contributed by atoms with E-state index in [1.807, 2.05) is 0 Å². The molecule has 0 radical (unpaired) electrons. The molecule has 4 rings (SSSR count). The third kappa shape index (κ3) is 6.71. The zero-order valence-electron chi connectivity index (χ0n) is 21.3. The van der Waals surface area contributed by atoms with Gasteiger partial charge in [-0.15, -0.1) is 0 Å². The molecule has 202 valence electrons. The number of urea groups is 1. The average molecular weight is 569 g/mol. The number of anilines is 1. The van der Waals surface area contributed by atoms with Crippen LogP contribution in [0.15, 0.2) is 66.2 Å². The monoisotopic (exact) mass is 568 g/mol. The second kappa shape index (κ2) is 12.7. The van der Waals surface area contributed by atoms with Crippen molar-refractivity contribution in [3.05, 3.63) is 87.4 Å². The molecule has 1 fully saturated rings. The third-order valence-electron chi connectivity index (χ3n) is 5.86. The number of barbiturate groups is 1. The summed E-state index contributed by atoms with van der Waals surface area (Å²) in [5.74, 6) is -0.100. The molecule has 3 aromatic carbocycles. The summed E-state index contributed by atoms with van der Waals surface area (Å²) in [6.07, 6.45) is 3.29. The van der Waals surface area contributed by atoms with Crippen LogP contribution >= 0.6 is 23.2 Å². The van der Waals surface area contributed by atoms with Gasteiger partial charge in [0.25, 0.3) is 11.8 Å². The second-order valence-electron chi connectivity index (χ2n) is 8.59. The number of halogens is 2. The third-order valence-corrected chi connectivity index (χ3v) is 6.60. The van der Waals surface area contributed by atoms with E-state index in [0.717, 1.165) is 23.3 Å². The summed E-state index contributed by atoms with van der Waals surface area (Å²) in [5.41, 5.74) is 1.26. The fourth-order valence-corrected chi connectivity index (χ4v) is 4.07. The highest BCUT2D eigenvalue weighted by atomic mass is 35.5. The van der Waals surface area contributed by atoms with Gasteiger partial charge in [-0.3, -0.25) is 14.9 Å². The summed E-state index contributed by atoms with van der Waals surface area (Å²) >= 11 is 12.1. The Kier molecular flexibility index (Phi) is 9.11. The topological polar surface area (TPSA) is 94.2 Å². The van der Waals surface area contributed by atoms with Gasteiger partial charge in [-0.2, -0.15) is 0 Å². The van der Waals surface area contributed by atoms with E-state index in [4.69, 9.17) is 37.4 Å². The molecule has 8 nitrogen and oxygen atoms in total. The van der Waals surface area contributed by atoms with Crippen LogP contribution in [-0.4, -0.2) is 31.6 Å². The van der Waals surface area contributed by atoms with E-state index in [9.17, 15) is 14.4 Å². The van der Waals surface area contributed by atoms with Crippen molar-refractivity contribution in [2.24, 2.45) is 0 Å².